The fraction of sp³-hybridized carbons (Fsp3) is 0.800. The Bertz CT molecular complexity index is 89.0. The quantitative estimate of drug-likeness (QED) is 0.512. The zero-order valence-electron chi connectivity index (χ0n) is 5.32. The van der Waals surface area contributed by atoms with Crippen LogP contribution in [0.2, 0.25) is 0 Å². The van der Waals surface area contributed by atoms with Crippen LogP contribution >= 0.6 is 23.4 Å². The number of rotatable bonds is 3. The first-order valence-corrected chi connectivity index (χ1v) is 4.23. The fourth-order valence-corrected chi connectivity index (χ4v) is 1.20. The molecule has 0 aromatic carbocycles. The largest absolute Gasteiger partial charge is 0.350 e. The molecule has 0 rings (SSSR count). The van der Waals surface area contributed by atoms with E-state index in [1.807, 2.05) is 0 Å². The Morgan fingerprint density at radius 1 is 1.78 bits per heavy atom. The van der Waals surface area contributed by atoms with Gasteiger partial charge in [0.2, 0.25) is 0 Å². The predicted octanol–water partition coefficient (Wildman–Crippen LogP) is 1.69. The van der Waals surface area contributed by atoms with E-state index >= 15 is 0 Å². The molecule has 0 aliphatic carbocycles. The minimum Gasteiger partial charge on any atom is -0.350 e. The van der Waals surface area contributed by atoms with Crippen LogP contribution in [0.3, 0.4) is 0 Å². The summed E-state index contributed by atoms with van der Waals surface area (Å²) in [4.78, 5) is 10.5. The summed E-state index contributed by atoms with van der Waals surface area (Å²) in [6.45, 7) is 0. The molecule has 0 aromatic rings. The van der Waals surface area contributed by atoms with E-state index in [1.165, 1.54) is 11.8 Å². The third kappa shape index (κ3) is 5.99. The summed E-state index contributed by atoms with van der Waals surface area (Å²) in [7, 11) is 1.62. The Balaban J connectivity index is 2.97. The van der Waals surface area contributed by atoms with Crippen molar-refractivity contribution in [3.05, 3.63) is 0 Å². The molecule has 0 aromatic heterocycles. The number of hydrogen-bond acceptors (Lipinski definition) is 2. The average Bonchev–Trinajstić information content (AvgIpc) is 1.89. The molecular weight excluding hydrogens is 158 g/mol. The summed E-state index contributed by atoms with van der Waals surface area (Å²) in [5.74, 6) is 1.44. The summed E-state index contributed by atoms with van der Waals surface area (Å²) in [6, 6.07) is 0. The molecule has 0 heterocycles. The highest BCUT2D eigenvalue weighted by Crippen LogP contribution is 2.02. The van der Waals surface area contributed by atoms with E-state index < -0.39 is 0 Å². The molecule has 0 atom stereocenters. The average molecular weight is 168 g/mol. The molecule has 0 saturated heterocycles. The van der Waals surface area contributed by atoms with Gasteiger partial charge < -0.3 is 5.32 Å². The SMILES string of the molecule is CNC(=O)SCCCCl. The van der Waals surface area contributed by atoms with Crippen molar-refractivity contribution in [3.63, 3.8) is 0 Å². The smallest absolute Gasteiger partial charge is 0.278 e. The van der Waals surface area contributed by atoms with Gasteiger partial charge in [0.25, 0.3) is 5.24 Å². The maximum absolute atomic E-state index is 10.5. The number of carbonyl (C=O) groups is 1. The first-order chi connectivity index (χ1) is 4.31. The molecule has 0 aliphatic heterocycles. The Morgan fingerprint density at radius 2 is 2.44 bits per heavy atom. The van der Waals surface area contributed by atoms with Gasteiger partial charge in [-0.05, 0) is 6.42 Å². The van der Waals surface area contributed by atoms with Crippen LogP contribution in [0.25, 0.3) is 0 Å². The number of thioether (sulfide) groups is 1. The lowest BCUT2D eigenvalue weighted by atomic mass is 10.6. The summed E-state index contributed by atoms with van der Waals surface area (Å²) in [5, 5.41) is 2.52. The lowest BCUT2D eigenvalue weighted by Crippen LogP contribution is -2.11. The van der Waals surface area contributed by atoms with Crippen molar-refractivity contribution in [1.82, 2.24) is 5.32 Å². The van der Waals surface area contributed by atoms with E-state index in [0.717, 1.165) is 12.2 Å². The van der Waals surface area contributed by atoms with Gasteiger partial charge in [-0.2, -0.15) is 0 Å². The number of carbonyl (C=O) groups excluding carboxylic acids is 1. The van der Waals surface area contributed by atoms with Gasteiger partial charge in [-0.3, -0.25) is 4.79 Å². The van der Waals surface area contributed by atoms with Gasteiger partial charge in [0.15, 0.2) is 0 Å². The molecule has 2 nitrogen and oxygen atoms in total. The summed E-state index contributed by atoms with van der Waals surface area (Å²) < 4.78 is 0. The number of nitrogens with one attached hydrogen (secondary N) is 1. The number of alkyl halides is 1. The van der Waals surface area contributed by atoms with E-state index in [1.54, 1.807) is 7.05 Å². The molecule has 0 saturated carbocycles. The van der Waals surface area contributed by atoms with Gasteiger partial charge in [-0.15, -0.1) is 11.6 Å². The third-order valence-electron chi connectivity index (χ3n) is 0.715. The van der Waals surface area contributed by atoms with Gasteiger partial charge in [0, 0.05) is 18.7 Å². The van der Waals surface area contributed by atoms with Crippen LogP contribution in [0.15, 0.2) is 0 Å². The van der Waals surface area contributed by atoms with Crippen molar-refractivity contribution in [1.29, 1.82) is 0 Å². The minimum absolute atomic E-state index is 0.0140. The highest BCUT2D eigenvalue weighted by atomic mass is 35.5. The van der Waals surface area contributed by atoms with E-state index in [9.17, 15) is 4.79 Å². The van der Waals surface area contributed by atoms with Crippen LogP contribution < -0.4 is 5.32 Å². The molecule has 0 spiro atoms. The molecule has 0 bridgehead atoms. The van der Waals surface area contributed by atoms with Crippen LogP contribution in [0.5, 0.6) is 0 Å². The molecule has 4 heteroatoms. The van der Waals surface area contributed by atoms with Crippen LogP contribution in [-0.4, -0.2) is 23.9 Å². The third-order valence-corrected chi connectivity index (χ3v) is 1.94. The second-order valence-electron chi connectivity index (χ2n) is 1.43. The van der Waals surface area contributed by atoms with E-state index in [-0.39, 0.29) is 5.24 Å². The maximum Gasteiger partial charge on any atom is 0.278 e. The lowest BCUT2D eigenvalue weighted by Gasteiger charge is -1.95. The van der Waals surface area contributed by atoms with Gasteiger partial charge in [-0.1, -0.05) is 11.8 Å². The normalized spacial score (nSPS) is 9.11. The molecule has 0 unspecified atom stereocenters. The molecule has 1 N–H and O–H groups in total. The van der Waals surface area contributed by atoms with Crippen molar-refractivity contribution in [2.45, 2.75) is 6.42 Å². The highest BCUT2D eigenvalue weighted by molar-refractivity contribution is 8.13. The zero-order chi connectivity index (χ0) is 7.11. The standard InChI is InChI=1S/C5H10ClNOS/c1-7-5(8)9-4-2-3-6/h2-4H2,1H3,(H,7,8). The number of hydrogen-bond donors (Lipinski definition) is 1. The van der Waals surface area contributed by atoms with Crippen molar-refractivity contribution in [2.75, 3.05) is 18.7 Å². The van der Waals surface area contributed by atoms with E-state index in [2.05, 4.69) is 5.32 Å². The summed E-state index contributed by atoms with van der Waals surface area (Å²) in [5.41, 5.74) is 0. The zero-order valence-corrected chi connectivity index (χ0v) is 6.89. The van der Waals surface area contributed by atoms with Crippen molar-refractivity contribution >= 4 is 28.6 Å². The van der Waals surface area contributed by atoms with Crippen LogP contribution in [0.1, 0.15) is 6.42 Å². The Hall–Kier alpha value is 0.110. The maximum atomic E-state index is 10.5. The topological polar surface area (TPSA) is 29.1 Å². The second kappa shape index (κ2) is 6.23. The monoisotopic (exact) mass is 167 g/mol. The summed E-state index contributed by atoms with van der Waals surface area (Å²) in [6.07, 6.45) is 0.889. The Labute approximate surface area is 64.3 Å². The van der Waals surface area contributed by atoms with Crippen LogP contribution in [0.4, 0.5) is 4.79 Å². The predicted molar refractivity (Wildman–Crippen MR) is 42.3 cm³/mol. The number of halogens is 1. The fourth-order valence-electron chi connectivity index (χ4n) is 0.292. The molecule has 0 radical (unpaired) electrons. The van der Waals surface area contributed by atoms with E-state index in [4.69, 9.17) is 11.6 Å². The molecule has 0 aliphatic rings. The minimum atomic E-state index is 0.0140. The van der Waals surface area contributed by atoms with Gasteiger partial charge >= 0.3 is 0 Å². The molecule has 1 amide bonds. The van der Waals surface area contributed by atoms with Crippen molar-refractivity contribution in [2.24, 2.45) is 0 Å². The van der Waals surface area contributed by atoms with Crippen LogP contribution in [-0.2, 0) is 0 Å². The molecule has 9 heavy (non-hydrogen) atoms. The van der Waals surface area contributed by atoms with Gasteiger partial charge in [0.1, 0.15) is 0 Å². The first kappa shape index (κ1) is 9.11. The van der Waals surface area contributed by atoms with E-state index in [0.29, 0.717) is 5.88 Å². The highest BCUT2D eigenvalue weighted by Gasteiger charge is 1.95. The number of amides is 1. The Morgan fingerprint density at radius 3 is 2.89 bits per heavy atom. The van der Waals surface area contributed by atoms with Crippen molar-refractivity contribution in [3.8, 4) is 0 Å². The first-order valence-electron chi connectivity index (χ1n) is 2.71. The van der Waals surface area contributed by atoms with Gasteiger partial charge in [-0.25, -0.2) is 0 Å². The summed E-state index contributed by atoms with van der Waals surface area (Å²) >= 11 is 6.65. The van der Waals surface area contributed by atoms with Gasteiger partial charge in [0.05, 0.1) is 0 Å². The second-order valence-corrected chi connectivity index (χ2v) is 2.87. The van der Waals surface area contributed by atoms with Crippen molar-refractivity contribution < 1.29 is 4.79 Å². The van der Waals surface area contributed by atoms with Crippen LogP contribution in [0, 0.1) is 0 Å². The molecule has 54 valence electrons. The lowest BCUT2D eigenvalue weighted by molar-refractivity contribution is 0.262. The Kier molecular flexibility index (Phi) is 6.31. The molecular formula is C5H10ClNOS. The molecule has 0 fully saturated rings.